The summed E-state index contributed by atoms with van der Waals surface area (Å²) in [7, 11) is 0. The van der Waals surface area contributed by atoms with Crippen LogP contribution in [0.25, 0.3) is 11.3 Å². The Labute approximate surface area is 148 Å². The quantitative estimate of drug-likeness (QED) is 0.858. The Morgan fingerprint density at radius 1 is 1.08 bits per heavy atom. The van der Waals surface area contributed by atoms with Crippen LogP contribution in [0.4, 0.5) is 0 Å². The summed E-state index contributed by atoms with van der Waals surface area (Å²) in [5.41, 5.74) is 1.96. The summed E-state index contributed by atoms with van der Waals surface area (Å²) in [5.74, 6) is 1.48. The molecule has 5 nitrogen and oxygen atoms in total. The van der Waals surface area contributed by atoms with Gasteiger partial charge in [-0.3, -0.25) is 9.69 Å². The van der Waals surface area contributed by atoms with Crippen molar-refractivity contribution in [2.75, 3.05) is 26.2 Å². The smallest absolute Gasteiger partial charge is 0.225 e. The van der Waals surface area contributed by atoms with Crippen LogP contribution in [0.15, 0.2) is 40.9 Å². The van der Waals surface area contributed by atoms with Crippen molar-refractivity contribution in [2.24, 2.45) is 5.92 Å². The minimum absolute atomic E-state index is 0.212. The van der Waals surface area contributed by atoms with E-state index in [1.807, 2.05) is 36.4 Å². The van der Waals surface area contributed by atoms with Crippen LogP contribution in [0.2, 0.25) is 0 Å². The van der Waals surface area contributed by atoms with E-state index in [1.54, 1.807) is 0 Å². The van der Waals surface area contributed by atoms with Gasteiger partial charge < -0.3 is 9.42 Å². The first-order valence-corrected chi connectivity index (χ1v) is 9.32. The van der Waals surface area contributed by atoms with Crippen molar-refractivity contribution in [1.29, 1.82) is 0 Å². The average Bonchev–Trinajstić information content (AvgIpc) is 3.35. The molecule has 0 atom stereocenters. The van der Waals surface area contributed by atoms with Gasteiger partial charge in [-0.1, -0.05) is 35.5 Å². The molecule has 2 aliphatic heterocycles. The van der Waals surface area contributed by atoms with E-state index in [0.29, 0.717) is 5.91 Å². The SMILES string of the molecule is O=C(C1CCN(Cc2cc(-c3ccccc3)no2)CC1)N1CCCC1. The van der Waals surface area contributed by atoms with E-state index in [-0.39, 0.29) is 5.92 Å². The Morgan fingerprint density at radius 2 is 1.80 bits per heavy atom. The third kappa shape index (κ3) is 3.76. The number of carbonyl (C=O) groups is 1. The molecule has 0 saturated carbocycles. The molecular formula is C20H25N3O2. The fraction of sp³-hybridized carbons (Fsp3) is 0.500. The molecule has 5 heteroatoms. The molecule has 0 unspecified atom stereocenters. The van der Waals surface area contributed by atoms with Crippen molar-refractivity contribution in [3.8, 4) is 11.3 Å². The third-order valence-corrected chi connectivity index (χ3v) is 5.36. The predicted octanol–water partition coefficient (Wildman–Crippen LogP) is 3.18. The number of hydrogen-bond acceptors (Lipinski definition) is 4. The number of aromatic nitrogens is 1. The molecule has 0 aliphatic carbocycles. The zero-order chi connectivity index (χ0) is 17.1. The average molecular weight is 339 g/mol. The van der Waals surface area contributed by atoms with Gasteiger partial charge in [0.05, 0.1) is 6.54 Å². The van der Waals surface area contributed by atoms with Gasteiger partial charge in [0.1, 0.15) is 5.69 Å². The Balaban J connectivity index is 1.30. The minimum atomic E-state index is 0.212. The van der Waals surface area contributed by atoms with Crippen LogP contribution in [0, 0.1) is 5.92 Å². The summed E-state index contributed by atoms with van der Waals surface area (Å²) in [6.45, 7) is 4.58. The van der Waals surface area contributed by atoms with E-state index in [1.165, 1.54) is 12.8 Å². The van der Waals surface area contributed by atoms with Crippen LogP contribution >= 0.6 is 0 Å². The second-order valence-corrected chi connectivity index (χ2v) is 7.13. The zero-order valence-corrected chi connectivity index (χ0v) is 14.6. The van der Waals surface area contributed by atoms with Crippen LogP contribution < -0.4 is 0 Å². The van der Waals surface area contributed by atoms with Gasteiger partial charge in [-0.15, -0.1) is 0 Å². The van der Waals surface area contributed by atoms with E-state index in [4.69, 9.17) is 4.52 Å². The molecule has 1 amide bonds. The topological polar surface area (TPSA) is 49.6 Å². The van der Waals surface area contributed by atoms with Crippen LogP contribution in [0.3, 0.4) is 0 Å². The molecule has 1 aromatic carbocycles. The summed E-state index contributed by atoms with van der Waals surface area (Å²) < 4.78 is 5.51. The van der Waals surface area contributed by atoms with E-state index < -0.39 is 0 Å². The van der Waals surface area contributed by atoms with Gasteiger partial charge in [-0.05, 0) is 38.8 Å². The van der Waals surface area contributed by atoms with E-state index in [0.717, 1.165) is 62.6 Å². The Kier molecular flexibility index (Phi) is 4.83. The molecule has 1 aromatic heterocycles. The fourth-order valence-corrected chi connectivity index (χ4v) is 3.89. The van der Waals surface area contributed by atoms with Crippen molar-refractivity contribution in [2.45, 2.75) is 32.2 Å². The maximum Gasteiger partial charge on any atom is 0.225 e. The fourth-order valence-electron chi connectivity index (χ4n) is 3.89. The molecule has 2 saturated heterocycles. The first-order valence-electron chi connectivity index (χ1n) is 9.32. The number of hydrogen-bond donors (Lipinski definition) is 0. The minimum Gasteiger partial charge on any atom is -0.359 e. The summed E-state index contributed by atoms with van der Waals surface area (Å²) in [5, 5.41) is 4.18. The summed E-state index contributed by atoms with van der Waals surface area (Å²) in [4.78, 5) is 16.9. The molecule has 2 aliphatic rings. The second kappa shape index (κ2) is 7.40. The zero-order valence-electron chi connectivity index (χ0n) is 14.6. The molecule has 3 heterocycles. The first kappa shape index (κ1) is 16.3. The highest BCUT2D eigenvalue weighted by Gasteiger charge is 2.30. The highest BCUT2D eigenvalue weighted by Crippen LogP contribution is 2.24. The second-order valence-electron chi connectivity index (χ2n) is 7.13. The standard InChI is InChI=1S/C20H25N3O2/c24-20(23-10-4-5-11-23)17-8-12-22(13-9-17)15-18-14-19(21-25-18)16-6-2-1-3-7-16/h1-3,6-7,14,17H,4-5,8-13,15H2. The number of piperidine rings is 1. The molecule has 0 radical (unpaired) electrons. The van der Waals surface area contributed by atoms with Crippen LogP contribution in [-0.2, 0) is 11.3 Å². The van der Waals surface area contributed by atoms with Gasteiger partial charge in [-0.25, -0.2) is 0 Å². The summed E-state index contributed by atoms with van der Waals surface area (Å²) in [6, 6.07) is 12.1. The number of nitrogens with zero attached hydrogens (tertiary/aromatic N) is 3. The molecule has 0 spiro atoms. The molecule has 0 N–H and O–H groups in total. The van der Waals surface area contributed by atoms with Crippen molar-refractivity contribution in [3.05, 3.63) is 42.2 Å². The van der Waals surface area contributed by atoms with Crippen LogP contribution in [-0.4, -0.2) is 47.0 Å². The molecule has 2 aromatic rings. The lowest BCUT2D eigenvalue weighted by molar-refractivity contribution is -0.136. The largest absolute Gasteiger partial charge is 0.359 e. The van der Waals surface area contributed by atoms with E-state index in [9.17, 15) is 4.79 Å². The summed E-state index contributed by atoms with van der Waals surface area (Å²) >= 11 is 0. The maximum atomic E-state index is 12.5. The Morgan fingerprint density at radius 3 is 2.52 bits per heavy atom. The third-order valence-electron chi connectivity index (χ3n) is 5.36. The van der Waals surface area contributed by atoms with Crippen molar-refractivity contribution in [1.82, 2.24) is 15.0 Å². The number of likely N-dealkylation sites (tertiary alicyclic amines) is 2. The molecule has 25 heavy (non-hydrogen) atoms. The maximum absolute atomic E-state index is 12.5. The monoisotopic (exact) mass is 339 g/mol. The van der Waals surface area contributed by atoms with E-state index in [2.05, 4.69) is 15.0 Å². The number of carbonyl (C=O) groups excluding carboxylic acids is 1. The molecule has 4 rings (SSSR count). The molecule has 2 fully saturated rings. The molecular weight excluding hydrogens is 314 g/mol. The number of rotatable bonds is 4. The Bertz CT molecular complexity index is 699. The molecule has 132 valence electrons. The Hall–Kier alpha value is -2.14. The van der Waals surface area contributed by atoms with Gasteiger partial charge in [0.15, 0.2) is 5.76 Å². The summed E-state index contributed by atoms with van der Waals surface area (Å²) in [6.07, 6.45) is 4.24. The normalized spacial score (nSPS) is 19.4. The van der Waals surface area contributed by atoms with Gasteiger partial charge in [0, 0.05) is 30.6 Å². The lowest BCUT2D eigenvalue weighted by atomic mass is 9.95. The van der Waals surface area contributed by atoms with Crippen LogP contribution in [0.5, 0.6) is 0 Å². The first-order chi connectivity index (χ1) is 12.3. The lowest BCUT2D eigenvalue weighted by Crippen LogP contribution is -2.41. The van der Waals surface area contributed by atoms with Crippen LogP contribution in [0.1, 0.15) is 31.4 Å². The van der Waals surface area contributed by atoms with E-state index >= 15 is 0 Å². The predicted molar refractivity (Wildman–Crippen MR) is 95.8 cm³/mol. The molecule has 0 bridgehead atoms. The van der Waals surface area contributed by atoms with Gasteiger partial charge in [0.2, 0.25) is 5.91 Å². The highest BCUT2D eigenvalue weighted by atomic mass is 16.5. The van der Waals surface area contributed by atoms with Crippen molar-refractivity contribution in [3.63, 3.8) is 0 Å². The van der Waals surface area contributed by atoms with Gasteiger partial charge in [-0.2, -0.15) is 0 Å². The van der Waals surface area contributed by atoms with Crippen molar-refractivity contribution >= 4 is 5.91 Å². The number of amides is 1. The van der Waals surface area contributed by atoms with Gasteiger partial charge >= 0.3 is 0 Å². The van der Waals surface area contributed by atoms with Crippen molar-refractivity contribution < 1.29 is 9.32 Å². The lowest BCUT2D eigenvalue weighted by Gasteiger charge is -2.32. The van der Waals surface area contributed by atoms with Gasteiger partial charge in [0.25, 0.3) is 0 Å². The number of benzene rings is 1. The highest BCUT2D eigenvalue weighted by molar-refractivity contribution is 5.79.